The molecule has 0 amide bonds. The Morgan fingerprint density at radius 3 is 2.52 bits per heavy atom. The van der Waals surface area contributed by atoms with Crippen LogP contribution in [0.4, 0.5) is 0 Å². The molecule has 134 valence electrons. The number of hydrogen-bond acceptors (Lipinski definition) is 5. The Bertz CT molecular complexity index is 1090. The number of ether oxygens (including phenoxy) is 1. The first-order chi connectivity index (χ1) is 13.1. The third-order valence-electron chi connectivity index (χ3n) is 4.38. The van der Waals surface area contributed by atoms with Crippen molar-refractivity contribution in [3.05, 3.63) is 83.7 Å². The number of rotatable bonds is 4. The van der Waals surface area contributed by atoms with Gasteiger partial charge < -0.3 is 9.15 Å². The molecule has 0 bridgehead atoms. The number of carbonyl (C=O) groups excluding carboxylic acids is 1. The van der Waals surface area contributed by atoms with Gasteiger partial charge in [-0.25, -0.2) is 4.79 Å². The molecule has 5 nitrogen and oxygen atoms in total. The first-order valence-corrected chi connectivity index (χ1v) is 8.71. The summed E-state index contributed by atoms with van der Waals surface area (Å²) in [4.78, 5) is 12.6. The van der Waals surface area contributed by atoms with Gasteiger partial charge >= 0.3 is 5.97 Å². The molecule has 0 N–H and O–H groups in total. The van der Waals surface area contributed by atoms with E-state index >= 15 is 0 Å². The van der Waals surface area contributed by atoms with Crippen molar-refractivity contribution >= 4 is 16.7 Å². The highest BCUT2D eigenvalue weighted by Gasteiger charge is 2.21. The van der Waals surface area contributed by atoms with E-state index in [2.05, 4.69) is 10.2 Å². The highest BCUT2D eigenvalue weighted by Crippen LogP contribution is 2.25. The van der Waals surface area contributed by atoms with E-state index in [-0.39, 0.29) is 5.89 Å². The Morgan fingerprint density at radius 1 is 0.963 bits per heavy atom. The summed E-state index contributed by atoms with van der Waals surface area (Å²) >= 11 is 0. The summed E-state index contributed by atoms with van der Waals surface area (Å²) < 4.78 is 11.3. The molecule has 4 rings (SSSR count). The van der Waals surface area contributed by atoms with Crippen molar-refractivity contribution in [3.63, 3.8) is 0 Å². The second-order valence-corrected chi connectivity index (χ2v) is 6.39. The predicted octanol–water partition coefficient (Wildman–Crippen LogP) is 5.12. The van der Waals surface area contributed by atoms with Gasteiger partial charge in [-0.1, -0.05) is 54.1 Å². The third-order valence-corrected chi connectivity index (χ3v) is 4.38. The van der Waals surface area contributed by atoms with E-state index in [1.165, 1.54) is 0 Å². The fraction of sp³-hybridized carbons (Fsp3) is 0.136. The lowest BCUT2D eigenvalue weighted by Crippen LogP contribution is -2.10. The molecule has 27 heavy (non-hydrogen) atoms. The van der Waals surface area contributed by atoms with Gasteiger partial charge in [-0.15, -0.1) is 10.2 Å². The molecule has 1 aromatic heterocycles. The Hall–Kier alpha value is -3.47. The molecule has 0 aliphatic heterocycles. The van der Waals surface area contributed by atoms with Crippen LogP contribution in [0.1, 0.15) is 34.8 Å². The van der Waals surface area contributed by atoms with Gasteiger partial charge in [-0.05, 0) is 42.8 Å². The molecule has 0 saturated carbocycles. The van der Waals surface area contributed by atoms with E-state index in [1.54, 1.807) is 13.0 Å². The molecule has 0 aliphatic rings. The van der Waals surface area contributed by atoms with Gasteiger partial charge in [0.15, 0.2) is 6.10 Å². The van der Waals surface area contributed by atoms with Gasteiger partial charge in [0, 0.05) is 5.56 Å². The van der Waals surface area contributed by atoms with Crippen LogP contribution in [0.2, 0.25) is 0 Å². The number of esters is 1. The summed E-state index contributed by atoms with van der Waals surface area (Å²) in [6, 6.07) is 21.0. The molecule has 4 aromatic rings. The molecule has 3 aromatic carbocycles. The van der Waals surface area contributed by atoms with Crippen LogP contribution in [0.15, 0.2) is 71.1 Å². The molecule has 1 atom stereocenters. The second-order valence-electron chi connectivity index (χ2n) is 6.39. The Labute approximate surface area is 156 Å². The van der Waals surface area contributed by atoms with Crippen molar-refractivity contribution in [1.82, 2.24) is 10.2 Å². The summed E-state index contributed by atoms with van der Waals surface area (Å²) in [7, 11) is 0. The van der Waals surface area contributed by atoms with Crippen LogP contribution in [0, 0.1) is 6.92 Å². The fourth-order valence-electron chi connectivity index (χ4n) is 2.89. The number of fused-ring (bicyclic) bond motifs is 1. The Morgan fingerprint density at radius 2 is 1.70 bits per heavy atom. The van der Waals surface area contributed by atoms with Crippen molar-refractivity contribution in [3.8, 4) is 11.5 Å². The number of carbonyl (C=O) groups is 1. The lowest BCUT2D eigenvalue weighted by atomic mass is 10.0. The number of aromatic nitrogens is 2. The smallest absolute Gasteiger partial charge is 0.339 e. The maximum absolute atomic E-state index is 12.6. The van der Waals surface area contributed by atoms with Gasteiger partial charge in [0.2, 0.25) is 5.89 Å². The standard InChI is InChI=1S/C22H18N2O3/c1-14-10-12-17(13-11-14)21-24-23-20(27-21)15(2)26-22(25)19-9-5-7-16-6-3-4-8-18(16)19/h3-13,15H,1-2H3. The minimum atomic E-state index is -0.650. The van der Waals surface area contributed by atoms with Gasteiger partial charge in [-0.2, -0.15) is 0 Å². The van der Waals surface area contributed by atoms with Crippen LogP contribution >= 0.6 is 0 Å². The van der Waals surface area contributed by atoms with Gasteiger partial charge in [0.25, 0.3) is 5.89 Å². The third kappa shape index (κ3) is 3.44. The van der Waals surface area contributed by atoms with Crippen LogP contribution in [-0.2, 0) is 4.74 Å². The van der Waals surface area contributed by atoms with Gasteiger partial charge in [-0.3, -0.25) is 0 Å². The van der Waals surface area contributed by atoms with Crippen molar-refractivity contribution in [1.29, 1.82) is 0 Å². The zero-order chi connectivity index (χ0) is 18.8. The lowest BCUT2D eigenvalue weighted by molar-refractivity contribution is 0.0282. The number of aryl methyl sites for hydroxylation is 1. The molecule has 0 spiro atoms. The molecule has 0 aliphatic carbocycles. The van der Waals surface area contributed by atoms with Crippen molar-refractivity contribution in [2.45, 2.75) is 20.0 Å². The molecular formula is C22H18N2O3. The maximum atomic E-state index is 12.6. The van der Waals surface area contributed by atoms with E-state index in [4.69, 9.17) is 9.15 Å². The molecular weight excluding hydrogens is 340 g/mol. The average Bonchev–Trinajstić information content (AvgIpc) is 3.18. The first-order valence-electron chi connectivity index (χ1n) is 8.71. The zero-order valence-corrected chi connectivity index (χ0v) is 15.0. The summed E-state index contributed by atoms with van der Waals surface area (Å²) in [5.74, 6) is 0.242. The van der Waals surface area contributed by atoms with Crippen molar-refractivity contribution < 1.29 is 13.9 Å². The van der Waals surface area contributed by atoms with Crippen LogP contribution < -0.4 is 0 Å². The van der Waals surface area contributed by atoms with Gasteiger partial charge in [0.05, 0.1) is 5.56 Å². The molecule has 0 radical (unpaired) electrons. The molecule has 0 fully saturated rings. The van der Waals surface area contributed by atoms with E-state index in [0.29, 0.717) is 11.5 Å². The minimum absolute atomic E-state index is 0.263. The van der Waals surface area contributed by atoms with E-state index in [9.17, 15) is 4.79 Å². The quantitative estimate of drug-likeness (QED) is 0.474. The first kappa shape index (κ1) is 17.0. The largest absolute Gasteiger partial charge is 0.449 e. The number of nitrogens with zero attached hydrogens (tertiary/aromatic N) is 2. The van der Waals surface area contributed by atoms with E-state index in [1.807, 2.05) is 67.6 Å². The SMILES string of the molecule is Cc1ccc(-c2nnc(C(C)OC(=O)c3cccc4ccccc34)o2)cc1. The summed E-state index contributed by atoms with van der Waals surface area (Å²) in [6.45, 7) is 3.73. The Balaban J connectivity index is 1.54. The number of benzene rings is 3. The normalized spacial score (nSPS) is 12.1. The van der Waals surface area contributed by atoms with Crippen LogP contribution in [0.5, 0.6) is 0 Å². The predicted molar refractivity (Wildman–Crippen MR) is 102 cm³/mol. The van der Waals surface area contributed by atoms with E-state index in [0.717, 1.165) is 21.9 Å². The lowest BCUT2D eigenvalue weighted by Gasteiger charge is -2.11. The van der Waals surface area contributed by atoms with Crippen molar-refractivity contribution in [2.75, 3.05) is 0 Å². The van der Waals surface area contributed by atoms with Crippen LogP contribution in [0.3, 0.4) is 0 Å². The summed E-state index contributed by atoms with van der Waals surface area (Å²) in [6.07, 6.45) is -0.650. The fourth-order valence-corrected chi connectivity index (χ4v) is 2.89. The summed E-state index contributed by atoms with van der Waals surface area (Å²) in [5, 5.41) is 9.92. The van der Waals surface area contributed by atoms with E-state index < -0.39 is 12.1 Å². The number of hydrogen-bond donors (Lipinski definition) is 0. The zero-order valence-electron chi connectivity index (χ0n) is 15.0. The maximum Gasteiger partial charge on any atom is 0.339 e. The topological polar surface area (TPSA) is 65.2 Å². The minimum Gasteiger partial charge on any atom is -0.449 e. The summed E-state index contributed by atoms with van der Waals surface area (Å²) in [5.41, 5.74) is 2.49. The molecule has 1 unspecified atom stereocenters. The molecule has 5 heteroatoms. The monoisotopic (exact) mass is 358 g/mol. The highest BCUT2D eigenvalue weighted by molar-refractivity contribution is 6.04. The molecule has 1 heterocycles. The second kappa shape index (κ2) is 7.03. The van der Waals surface area contributed by atoms with Crippen molar-refractivity contribution in [2.24, 2.45) is 0 Å². The Kier molecular flexibility index (Phi) is 4.42. The van der Waals surface area contributed by atoms with Crippen LogP contribution in [-0.4, -0.2) is 16.2 Å². The van der Waals surface area contributed by atoms with Gasteiger partial charge in [0.1, 0.15) is 0 Å². The average molecular weight is 358 g/mol. The van der Waals surface area contributed by atoms with Crippen LogP contribution in [0.25, 0.3) is 22.2 Å². The molecule has 0 saturated heterocycles. The highest BCUT2D eigenvalue weighted by atomic mass is 16.6.